The van der Waals surface area contributed by atoms with Crippen LogP contribution in [0.25, 0.3) is 10.9 Å². The van der Waals surface area contributed by atoms with Gasteiger partial charge in [0.1, 0.15) is 11.5 Å². The van der Waals surface area contributed by atoms with Crippen LogP contribution in [-0.4, -0.2) is 66.1 Å². The number of hydrogen-bond acceptors (Lipinski definition) is 3. The molecule has 1 aromatic carbocycles. The molecule has 0 bridgehead atoms. The quantitative estimate of drug-likeness (QED) is 0.917. The van der Waals surface area contributed by atoms with E-state index in [1.165, 1.54) is 6.07 Å². The van der Waals surface area contributed by atoms with Crippen molar-refractivity contribution in [1.82, 2.24) is 14.8 Å². The minimum absolute atomic E-state index is 0.00365. The minimum atomic E-state index is -0.312. The first-order valence-electron chi connectivity index (χ1n) is 9.53. The Morgan fingerprint density at radius 2 is 2.08 bits per heavy atom. The maximum Gasteiger partial charge on any atom is 0.270 e. The first-order valence-corrected chi connectivity index (χ1v) is 9.53. The van der Waals surface area contributed by atoms with Gasteiger partial charge in [-0.1, -0.05) is 12.1 Å². The lowest BCUT2D eigenvalue weighted by Crippen LogP contribution is -2.51. The van der Waals surface area contributed by atoms with Crippen molar-refractivity contribution in [2.75, 3.05) is 39.4 Å². The number of likely N-dealkylation sites (tertiary alicyclic amines) is 1. The zero-order valence-electron chi connectivity index (χ0n) is 15.3. The zero-order chi connectivity index (χ0) is 18.1. The van der Waals surface area contributed by atoms with E-state index in [4.69, 9.17) is 4.74 Å². The normalized spacial score (nSPS) is 22.1. The molecular weight excluding hydrogens is 333 g/mol. The van der Waals surface area contributed by atoms with Crippen LogP contribution in [-0.2, 0) is 4.74 Å². The van der Waals surface area contributed by atoms with E-state index < -0.39 is 0 Å². The summed E-state index contributed by atoms with van der Waals surface area (Å²) in [5.41, 5.74) is 1.79. The van der Waals surface area contributed by atoms with Gasteiger partial charge in [-0.25, -0.2) is 4.39 Å². The number of rotatable bonds is 3. The number of aromatic amines is 1. The first-order chi connectivity index (χ1) is 12.6. The number of morpholine rings is 1. The number of H-pyrrole nitrogens is 1. The minimum Gasteiger partial charge on any atom is -0.379 e. The highest BCUT2D eigenvalue weighted by atomic mass is 19.1. The number of ether oxygens (including phenoxy) is 1. The van der Waals surface area contributed by atoms with Crippen molar-refractivity contribution >= 4 is 16.8 Å². The van der Waals surface area contributed by atoms with Crippen LogP contribution in [0, 0.1) is 12.7 Å². The molecule has 2 aliphatic heterocycles. The van der Waals surface area contributed by atoms with Crippen LogP contribution < -0.4 is 0 Å². The molecule has 0 aliphatic carbocycles. The number of fused-ring (bicyclic) bond motifs is 1. The summed E-state index contributed by atoms with van der Waals surface area (Å²) in [5.74, 6) is -0.316. The fourth-order valence-corrected chi connectivity index (χ4v) is 4.21. The molecule has 2 fully saturated rings. The van der Waals surface area contributed by atoms with E-state index in [-0.39, 0.29) is 17.8 Å². The molecule has 2 aromatic rings. The van der Waals surface area contributed by atoms with Crippen molar-refractivity contribution in [2.24, 2.45) is 0 Å². The molecule has 0 unspecified atom stereocenters. The van der Waals surface area contributed by atoms with Gasteiger partial charge in [-0.15, -0.1) is 0 Å². The van der Waals surface area contributed by atoms with Gasteiger partial charge in [0, 0.05) is 37.6 Å². The fourth-order valence-electron chi connectivity index (χ4n) is 4.21. The van der Waals surface area contributed by atoms with Crippen LogP contribution in [0.15, 0.2) is 18.2 Å². The third-order valence-electron chi connectivity index (χ3n) is 5.72. The van der Waals surface area contributed by atoms with E-state index in [9.17, 15) is 9.18 Å². The molecule has 4 rings (SSSR count). The molecule has 0 radical (unpaired) electrons. The Balaban J connectivity index is 1.59. The summed E-state index contributed by atoms with van der Waals surface area (Å²) in [5, 5.41) is 0.787. The fraction of sp³-hybridized carbons (Fsp3) is 0.550. The summed E-state index contributed by atoms with van der Waals surface area (Å²) in [6.07, 6.45) is 3.20. The Morgan fingerprint density at radius 1 is 1.27 bits per heavy atom. The van der Waals surface area contributed by atoms with Crippen molar-refractivity contribution < 1.29 is 13.9 Å². The van der Waals surface area contributed by atoms with Crippen molar-refractivity contribution in [3.05, 3.63) is 35.3 Å². The van der Waals surface area contributed by atoms with Crippen molar-refractivity contribution in [2.45, 2.75) is 32.2 Å². The number of aromatic nitrogens is 1. The second-order valence-corrected chi connectivity index (χ2v) is 7.35. The van der Waals surface area contributed by atoms with Crippen LogP contribution >= 0.6 is 0 Å². The Kier molecular flexibility index (Phi) is 4.96. The zero-order valence-corrected chi connectivity index (χ0v) is 15.3. The molecule has 3 heterocycles. The SMILES string of the molecule is Cc1c(C(=O)N2CCCC[C@@H]2CN2CCOCC2)[nH]c2c(F)cccc12. The van der Waals surface area contributed by atoms with Crippen LogP contribution in [0.2, 0.25) is 0 Å². The third kappa shape index (κ3) is 3.23. The number of nitrogens with one attached hydrogen (secondary N) is 1. The molecule has 1 atom stereocenters. The van der Waals surface area contributed by atoms with Gasteiger partial charge in [0.15, 0.2) is 0 Å². The molecule has 5 nitrogen and oxygen atoms in total. The highest BCUT2D eigenvalue weighted by Crippen LogP contribution is 2.27. The van der Waals surface area contributed by atoms with E-state index in [2.05, 4.69) is 9.88 Å². The third-order valence-corrected chi connectivity index (χ3v) is 5.72. The summed E-state index contributed by atoms with van der Waals surface area (Å²) < 4.78 is 19.5. The predicted octanol–water partition coefficient (Wildman–Crippen LogP) is 2.94. The van der Waals surface area contributed by atoms with Gasteiger partial charge in [0.2, 0.25) is 0 Å². The average Bonchev–Trinajstić information content (AvgIpc) is 3.01. The second-order valence-electron chi connectivity index (χ2n) is 7.35. The molecule has 1 aromatic heterocycles. The number of nitrogens with zero attached hydrogens (tertiary/aromatic N) is 2. The first kappa shape index (κ1) is 17.5. The summed E-state index contributed by atoms with van der Waals surface area (Å²) in [4.78, 5) is 20.7. The lowest BCUT2D eigenvalue weighted by Gasteiger charge is -2.39. The number of para-hydroxylation sites is 1. The van der Waals surface area contributed by atoms with E-state index in [0.29, 0.717) is 11.2 Å². The highest BCUT2D eigenvalue weighted by Gasteiger charge is 2.31. The van der Waals surface area contributed by atoms with Gasteiger partial charge in [0.25, 0.3) is 5.91 Å². The van der Waals surface area contributed by atoms with Crippen LogP contribution in [0.4, 0.5) is 4.39 Å². The van der Waals surface area contributed by atoms with Crippen LogP contribution in [0.1, 0.15) is 35.3 Å². The number of halogens is 1. The van der Waals surface area contributed by atoms with E-state index in [0.717, 1.165) is 69.6 Å². The van der Waals surface area contributed by atoms with E-state index in [1.54, 1.807) is 6.07 Å². The standard InChI is InChI=1S/C20H26FN3O2/c1-14-16-6-4-7-17(21)19(16)22-18(14)20(25)24-8-3-2-5-15(24)13-23-9-11-26-12-10-23/h4,6-7,15,22H,2-3,5,8-13H2,1H3/t15-/m1/s1. The maximum atomic E-state index is 14.1. The molecule has 140 valence electrons. The molecule has 26 heavy (non-hydrogen) atoms. The van der Waals surface area contributed by atoms with Gasteiger partial charge < -0.3 is 14.6 Å². The molecule has 0 spiro atoms. The number of amides is 1. The Bertz CT molecular complexity index is 798. The largest absolute Gasteiger partial charge is 0.379 e. The Hall–Kier alpha value is -1.92. The van der Waals surface area contributed by atoms with Gasteiger partial charge >= 0.3 is 0 Å². The van der Waals surface area contributed by atoms with Crippen molar-refractivity contribution in [3.8, 4) is 0 Å². The topological polar surface area (TPSA) is 48.6 Å². The molecule has 1 N–H and O–H groups in total. The number of aryl methyl sites for hydroxylation is 1. The van der Waals surface area contributed by atoms with E-state index >= 15 is 0 Å². The molecule has 0 saturated carbocycles. The summed E-state index contributed by atoms with van der Waals surface area (Å²) >= 11 is 0. The highest BCUT2D eigenvalue weighted by molar-refractivity contribution is 6.01. The summed E-state index contributed by atoms with van der Waals surface area (Å²) in [6.45, 7) is 6.94. The van der Waals surface area contributed by atoms with Gasteiger partial charge in [0.05, 0.1) is 18.7 Å². The van der Waals surface area contributed by atoms with E-state index in [1.807, 2.05) is 17.9 Å². The smallest absolute Gasteiger partial charge is 0.270 e. The Morgan fingerprint density at radius 3 is 2.85 bits per heavy atom. The summed E-state index contributed by atoms with van der Waals surface area (Å²) in [7, 11) is 0. The van der Waals surface area contributed by atoms with Gasteiger partial charge in [-0.3, -0.25) is 9.69 Å². The average molecular weight is 359 g/mol. The maximum absolute atomic E-state index is 14.1. The number of hydrogen-bond donors (Lipinski definition) is 1. The van der Waals surface area contributed by atoms with Crippen molar-refractivity contribution in [1.29, 1.82) is 0 Å². The number of carbonyl (C=O) groups excluding carboxylic acids is 1. The summed E-state index contributed by atoms with van der Waals surface area (Å²) in [6, 6.07) is 5.19. The van der Waals surface area contributed by atoms with Crippen LogP contribution in [0.5, 0.6) is 0 Å². The number of benzene rings is 1. The number of carbonyl (C=O) groups is 1. The Labute approximate surface area is 153 Å². The molecule has 2 saturated heterocycles. The molecule has 1 amide bonds. The molecule has 6 heteroatoms. The molecular formula is C20H26FN3O2. The van der Waals surface area contributed by atoms with Gasteiger partial charge in [-0.2, -0.15) is 0 Å². The van der Waals surface area contributed by atoms with Gasteiger partial charge in [-0.05, 0) is 37.8 Å². The predicted molar refractivity (Wildman–Crippen MR) is 98.9 cm³/mol. The lowest BCUT2D eigenvalue weighted by atomic mass is 10.00. The van der Waals surface area contributed by atoms with Crippen LogP contribution in [0.3, 0.4) is 0 Å². The van der Waals surface area contributed by atoms with Crippen molar-refractivity contribution in [3.63, 3.8) is 0 Å². The second kappa shape index (κ2) is 7.37. The lowest BCUT2D eigenvalue weighted by molar-refractivity contribution is 0.0164. The number of piperidine rings is 1. The monoisotopic (exact) mass is 359 g/mol. The molecule has 2 aliphatic rings.